The molecule has 2 aliphatic heterocycles. The van der Waals surface area contributed by atoms with Gasteiger partial charge >= 0.3 is 0 Å². The summed E-state index contributed by atoms with van der Waals surface area (Å²) >= 11 is 0. The summed E-state index contributed by atoms with van der Waals surface area (Å²) in [5, 5.41) is 22.7. The zero-order chi connectivity index (χ0) is 23.8. The third-order valence-electron chi connectivity index (χ3n) is 5.85. The van der Waals surface area contributed by atoms with Crippen LogP contribution in [-0.2, 0) is 0 Å². The minimum Gasteiger partial charge on any atom is -0.507 e. The van der Waals surface area contributed by atoms with Gasteiger partial charge in [-0.25, -0.2) is 0 Å². The first kappa shape index (κ1) is 24.1. The number of hydrogen-bond acceptors (Lipinski definition) is 6. The molecule has 0 amide bonds. The summed E-state index contributed by atoms with van der Waals surface area (Å²) in [6.07, 6.45) is 11.5. The van der Waals surface area contributed by atoms with E-state index in [9.17, 15) is 5.11 Å². The highest BCUT2D eigenvalue weighted by Crippen LogP contribution is 2.27. The second kappa shape index (κ2) is 11.4. The van der Waals surface area contributed by atoms with Crippen molar-refractivity contribution in [1.29, 1.82) is 0 Å². The molecule has 2 atom stereocenters. The average Bonchev–Trinajstić information content (AvgIpc) is 2.85. The van der Waals surface area contributed by atoms with Gasteiger partial charge in [-0.05, 0) is 39.0 Å². The molecule has 0 radical (unpaired) electrons. The minimum absolute atomic E-state index is 0.0456. The Morgan fingerprint density at radius 2 is 2.06 bits per heavy atom. The average molecular weight is 445 g/mol. The summed E-state index contributed by atoms with van der Waals surface area (Å²) in [4.78, 5) is 11.4. The molecule has 2 unspecified atom stereocenters. The predicted molar refractivity (Wildman–Crippen MR) is 138 cm³/mol. The number of nitrogens with one attached hydrogen (secondary N) is 1. The normalized spacial score (nSPS) is 20.2. The minimum atomic E-state index is 0.0456. The van der Waals surface area contributed by atoms with E-state index >= 15 is 0 Å². The number of piperazine rings is 1. The van der Waals surface area contributed by atoms with Crippen LogP contribution in [0.5, 0.6) is 5.75 Å². The van der Waals surface area contributed by atoms with Gasteiger partial charge in [0.25, 0.3) is 0 Å². The van der Waals surface area contributed by atoms with Crippen molar-refractivity contribution in [2.75, 3.05) is 26.2 Å². The fourth-order valence-corrected chi connectivity index (χ4v) is 3.53. The first-order valence-corrected chi connectivity index (χ1v) is 11.2. The molecule has 0 saturated carbocycles. The number of hydrogen-bond donors (Lipinski definition) is 2. The summed E-state index contributed by atoms with van der Waals surface area (Å²) in [7, 11) is 0. The fraction of sp³-hybridized carbons (Fsp3) is 0.385. The predicted octanol–water partition coefficient (Wildman–Crippen LogP) is 3.52. The molecule has 0 aliphatic carbocycles. The van der Waals surface area contributed by atoms with Gasteiger partial charge in [-0.15, -0.1) is 22.5 Å². The molecule has 0 aromatic heterocycles. The van der Waals surface area contributed by atoms with Gasteiger partial charge in [0, 0.05) is 55.9 Å². The maximum absolute atomic E-state index is 10.7. The number of phenols is 1. The van der Waals surface area contributed by atoms with Gasteiger partial charge in [-0.2, -0.15) is 0 Å². The monoisotopic (exact) mass is 444 g/mol. The maximum atomic E-state index is 10.7. The van der Waals surface area contributed by atoms with Crippen LogP contribution in [0.4, 0.5) is 0 Å². The van der Waals surface area contributed by atoms with Crippen LogP contribution >= 0.6 is 0 Å². The van der Waals surface area contributed by atoms with Crippen molar-refractivity contribution in [2.24, 2.45) is 26.1 Å². The molecular formula is C26H32N6O. The molecule has 2 heterocycles. The fourth-order valence-electron chi connectivity index (χ4n) is 3.53. The van der Waals surface area contributed by atoms with E-state index < -0.39 is 0 Å². The number of nitrogens with zero attached hydrogens (tertiary/aromatic N) is 5. The zero-order valence-electron chi connectivity index (χ0n) is 19.6. The lowest BCUT2D eigenvalue weighted by Crippen LogP contribution is -2.45. The van der Waals surface area contributed by atoms with E-state index in [0.717, 1.165) is 49.0 Å². The molecule has 7 heteroatoms. The molecule has 172 valence electrons. The van der Waals surface area contributed by atoms with Gasteiger partial charge in [0.15, 0.2) is 0 Å². The topological polar surface area (TPSA) is 84.9 Å². The van der Waals surface area contributed by atoms with Gasteiger partial charge < -0.3 is 15.3 Å². The number of phenolic OH excluding ortho intramolecular Hbond substituents is 1. The Morgan fingerprint density at radius 1 is 1.30 bits per heavy atom. The molecule has 1 aromatic carbocycles. The largest absolute Gasteiger partial charge is 0.507 e. The Hall–Kier alpha value is -3.50. The number of amidine groups is 1. The number of aromatic hydroxyl groups is 1. The molecule has 2 N–H and O–H groups in total. The Balaban J connectivity index is 1.74. The van der Waals surface area contributed by atoms with Crippen LogP contribution in [0.3, 0.4) is 0 Å². The Labute approximate surface area is 196 Å². The van der Waals surface area contributed by atoms with Gasteiger partial charge in [-0.3, -0.25) is 9.98 Å². The van der Waals surface area contributed by atoms with Gasteiger partial charge in [-0.1, -0.05) is 18.7 Å². The molecular weight excluding hydrogens is 412 g/mol. The van der Waals surface area contributed by atoms with Gasteiger partial charge in [0.1, 0.15) is 11.6 Å². The number of terminal acetylenes is 1. The highest BCUT2D eigenvalue weighted by molar-refractivity contribution is 6.33. The quantitative estimate of drug-likeness (QED) is 0.305. The second-order valence-corrected chi connectivity index (χ2v) is 8.17. The van der Waals surface area contributed by atoms with Crippen molar-refractivity contribution in [3.63, 3.8) is 0 Å². The Kier molecular flexibility index (Phi) is 8.34. The second-order valence-electron chi connectivity index (χ2n) is 8.17. The lowest BCUT2D eigenvalue weighted by atomic mass is 10.0. The van der Waals surface area contributed by atoms with E-state index in [2.05, 4.69) is 42.9 Å². The van der Waals surface area contributed by atoms with Gasteiger partial charge in [0.2, 0.25) is 0 Å². The van der Waals surface area contributed by atoms with E-state index in [4.69, 9.17) is 6.42 Å². The van der Waals surface area contributed by atoms with Crippen molar-refractivity contribution >= 4 is 29.2 Å². The van der Waals surface area contributed by atoms with E-state index in [1.165, 1.54) is 0 Å². The summed E-state index contributed by atoms with van der Waals surface area (Å²) in [5.41, 5.74) is 3.60. The van der Waals surface area contributed by atoms with Crippen LogP contribution in [0.1, 0.15) is 38.3 Å². The Morgan fingerprint density at radius 3 is 2.67 bits per heavy atom. The van der Waals surface area contributed by atoms with E-state index in [0.29, 0.717) is 17.7 Å². The lowest BCUT2D eigenvalue weighted by molar-refractivity contribution is 0.355. The molecule has 0 bridgehead atoms. The van der Waals surface area contributed by atoms with Crippen LogP contribution in [-0.4, -0.2) is 65.7 Å². The van der Waals surface area contributed by atoms with E-state index in [1.54, 1.807) is 18.4 Å². The number of aliphatic imine (C=N–C) groups is 2. The summed E-state index contributed by atoms with van der Waals surface area (Å²) in [6.45, 7) is 13.4. The first-order valence-electron chi connectivity index (χ1n) is 11.2. The van der Waals surface area contributed by atoms with E-state index in [1.807, 2.05) is 39.0 Å². The first-order chi connectivity index (χ1) is 15.9. The number of allylic oxidation sites excluding steroid dienone is 2. The highest BCUT2D eigenvalue weighted by Gasteiger charge is 2.14. The molecule has 1 fully saturated rings. The van der Waals surface area contributed by atoms with Crippen LogP contribution < -0.4 is 5.32 Å². The van der Waals surface area contributed by atoms with Crippen LogP contribution in [0.2, 0.25) is 0 Å². The molecule has 0 spiro atoms. The van der Waals surface area contributed by atoms with Crippen molar-refractivity contribution in [2.45, 2.75) is 33.2 Å². The molecule has 33 heavy (non-hydrogen) atoms. The van der Waals surface area contributed by atoms with Crippen LogP contribution in [0.25, 0.3) is 5.70 Å². The molecule has 1 saturated heterocycles. The number of benzene rings is 1. The Bertz CT molecular complexity index is 1070. The SMILES string of the molecule is C#CC(C)C(C)N=C1C=NC(c2ccc(/C(C=C)=N/N=C(\C)N3CCNCC3)c(O)c2)=CC1. The van der Waals surface area contributed by atoms with Crippen molar-refractivity contribution in [1.82, 2.24) is 10.2 Å². The summed E-state index contributed by atoms with van der Waals surface area (Å²) < 4.78 is 0. The zero-order valence-corrected chi connectivity index (χ0v) is 19.6. The standard InChI is InChI=1S/C26H32N6O/c1-6-18(3)19(4)29-22-9-11-25(28-17-22)21-8-10-23(26(33)16-21)24(7-2)31-30-20(5)32-14-12-27-13-15-32/h1,7-8,10-11,16-19,27,33H,2,9,12-15H2,3-5H3/b29-22?,30-20+,31-24+. The smallest absolute Gasteiger partial charge is 0.125 e. The summed E-state index contributed by atoms with van der Waals surface area (Å²) in [6, 6.07) is 5.46. The van der Waals surface area contributed by atoms with Crippen molar-refractivity contribution in [3.05, 3.63) is 48.1 Å². The molecule has 3 rings (SSSR count). The third kappa shape index (κ3) is 6.27. The molecule has 7 nitrogen and oxygen atoms in total. The van der Waals surface area contributed by atoms with Gasteiger partial charge in [0.05, 0.1) is 23.2 Å². The van der Waals surface area contributed by atoms with Crippen LogP contribution in [0, 0.1) is 18.3 Å². The molecule has 2 aliphatic rings. The van der Waals surface area contributed by atoms with Crippen LogP contribution in [0.15, 0.2) is 57.1 Å². The lowest BCUT2D eigenvalue weighted by Gasteiger charge is -2.28. The number of rotatable bonds is 6. The van der Waals surface area contributed by atoms with Crippen molar-refractivity contribution in [3.8, 4) is 18.1 Å². The highest BCUT2D eigenvalue weighted by atomic mass is 16.3. The molecule has 1 aromatic rings. The van der Waals surface area contributed by atoms with E-state index in [-0.39, 0.29) is 17.7 Å². The third-order valence-corrected chi connectivity index (χ3v) is 5.85. The van der Waals surface area contributed by atoms with Crippen molar-refractivity contribution < 1.29 is 5.11 Å². The summed E-state index contributed by atoms with van der Waals surface area (Å²) in [5.74, 6) is 3.75. The maximum Gasteiger partial charge on any atom is 0.125 e.